The third kappa shape index (κ3) is 7.26. The van der Waals surface area contributed by atoms with Gasteiger partial charge in [-0.3, -0.25) is 0 Å². The normalized spacial score (nSPS) is 20.4. The lowest BCUT2D eigenvalue weighted by molar-refractivity contribution is -0.146. The second-order valence-corrected chi connectivity index (χ2v) is 3.32. The Hall–Kier alpha value is -1.66. The molecule has 0 saturated carbocycles. The summed E-state index contributed by atoms with van der Waals surface area (Å²) in [5.41, 5.74) is 0.314. The number of hydrogen-bond acceptors (Lipinski definition) is 6. The van der Waals surface area contributed by atoms with Crippen molar-refractivity contribution in [3.8, 4) is 0 Å². The van der Waals surface area contributed by atoms with Crippen molar-refractivity contribution in [2.24, 2.45) is 0 Å². The maximum atomic E-state index is 10.7. The molecule has 1 aliphatic heterocycles. The molecular weight excluding hydrogens is 228 g/mol. The lowest BCUT2D eigenvalue weighted by atomic mass is 10.3. The smallest absolute Gasteiger partial charge is 0.333 e. The van der Waals surface area contributed by atoms with E-state index in [4.69, 9.17) is 5.11 Å². The zero-order valence-electron chi connectivity index (χ0n) is 9.89. The van der Waals surface area contributed by atoms with Crippen LogP contribution in [0.4, 0.5) is 0 Å². The van der Waals surface area contributed by atoms with E-state index in [1.165, 1.54) is 7.11 Å². The highest BCUT2D eigenvalue weighted by atomic mass is 16.7. The third-order valence-electron chi connectivity index (χ3n) is 1.62. The standard InChI is InChI=1S/C7H10O4.C4H6O2/c1-5(2)6(8)10-3-7(9)4-11-7;1-3-4(5)6-2/h9H,1,3-4H2,2H3;3H,1H2,2H3. The highest BCUT2D eigenvalue weighted by Gasteiger charge is 2.44. The van der Waals surface area contributed by atoms with E-state index in [0.29, 0.717) is 5.57 Å². The molecule has 1 unspecified atom stereocenters. The number of carbonyl (C=O) groups excluding carboxylic acids is 2. The molecule has 0 amide bonds. The minimum absolute atomic E-state index is 0.112. The van der Waals surface area contributed by atoms with Gasteiger partial charge in [0.1, 0.15) is 13.2 Å². The molecule has 0 aromatic carbocycles. The number of rotatable bonds is 4. The molecule has 0 spiro atoms. The van der Waals surface area contributed by atoms with Crippen LogP contribution < -0.4 is 0 Å². The van der Waals surface area contributed by atoms with E-state index < -0.39 is 17.7 Å². The number of aliphatic hydroxyl groups is 1. The Morgan fingerprint density at radius 2 is 2.12 bits per heavy atom. The quantitative estimate of drug-likeness (QED) is 0.431. The van der Waals surface area contributed by atoms with Crippen molar-refractivity contribution in [2.75, 3.05) is 20.3 Å². The van der Waals surface area contributed by atoms with Gasteiger partial charge in [0.05, 0.1) is 7.11 Å². The molecule has 1 N–H and O–H groups in total. The van der Waals surface area contributed by atoms with Crippen LogP contribution in [0.1, 0.15) is 6.92 Å². The van der Waals surface area contributed by atoms with Gasteiger partial charge in [0.25, 0.3) is 0 Å². The molecule has 1 rings (SSSR count). The van der Waals surface area contributed by atoms with Crippen molar-refractivity contribution in [3.05, 3.63) is 24.8 Å². The van der Waals surface area contributed by atoms with Crippen LogP contribution >= 0.6 is 0 Å². The molecule has 1 aliphatic rings. The van der Waals surface area contributed by atoms with Gasteiger partial charge >= 0.3 is 11.9 Å². The van der Waals surface area contributed by atoms with Crippen molar-refractivity contribution in [1.82, 2.24) is 0 Å². The Bertz CT molecular complexity index is 316. The number of carbonyl (C=O) groups is 2. The summed E-state index contributed by atoms with van der Waals surface area (Å²) >= 11 is 0. The first-order valence-electron chi connectivity index (χ1n) is 4.74. The lowest BCUT2D eigenvalue weighted by Crippen LogP contribution is -2.21. The summed E-state index contributed by atoms with van der Waals surface area (Å²) in [5.74, 6) is -2.12. The van der Waals surface area contributed by atoms with E-state index in [1.807, 2.05) is 0 Å². The first kappa shape index (κ1) is 15.3. The molecular formula is C11H16O6. The fraction of sp³-hybridized carbons (Fsp3) is 0.455. The summed E-state index contributed by atoms with van der Waals surface area (Å²) in [6, 6.07) is 0. The van der Waals surface area contributed by atoms with Crippen LogP contribution in [0.2, 0.25) is 0 Å². The van der Waals surface area contributed by atoms with Gasteiger partial charge in [-0.05, 0) is 6.92 Å². The van der Waals surface area contributed by atoms with Crippen molar-refractivity contribution < 1.29 is 28.9 Å². The first-order valence-corrected chi connectivity index (χ1v) is 4.74. The molecule has 0 aliphatic carbocycles. The fourth-order valence-corrected chi connectivity index (χ4v) is 0.551. The molecule has 6 heteroatoms. The zero-order chi connectivity index (χ0) is 13.5. The van der Waals surface area contributed by atoms with E-state index >= 15 is 0 Å². The second kappa shape index (κ2) is 6.82. The Morgan fingerprint density at radius 3 is 2.35 bits per heavy atom. The van der Waals surface area contributed by atoms with Crippen LogP contribution in [-0.2, 0) is 23.8 Å². The summed E-state index contributed by atoms with van der Waals surface area (Å²) in [6.45, 7) is 8.20. The summed E-state index contributed by atoms with van der Waals surface area (Å²) < 4.78 is 13.3. The number of esters is 2. The highest BCUT2D eigenvalue weighted by Crippen LogP contribution is 2.22. The van der Waals surface area contributed by atoms with E-state index in [9.17, 15) is 9.59 Å². The molecule has 1 heterocycles. The largest absolute Gasteiger partial charge is 0.466 e. The van der Waals surface area contributed by atoms with E-state index in [0.717, 1.165) is 6.08 Å². The Balaban J connectivity index is 0.000000366. The van der Waals surface area contributed by atoms with Gasteiger partial charge in [-0.15, -0.1) is 0 Å². The molecule has 0 aromatic rings. The molecule has 0 bridgehead atoms. The average molecular weight is 244 g/mol. The van der Waals surface area contributed by atoms with E-state index in [-0.39, 0.29) is 13.2 Å². The van der Waals surface area contributed by atoms with Crippen molar-refractivity contribution in [2.45, 2.75) is 12.7 Å². The molecule has 1 atom stereocenters. The van der Waals surface area contributed by atoms with Crippen LogP contribution in [0.15, 0.2) is 24.8 Å². The predicted octanol–water partition coefficient (Wildman–Crippen LogP) is 0.170. The van der Waals surface area contributed by atoms with Crippen LogP contribution in [0.3, 0.4) is 0 Å². The number of ether oxygens (including phenoxy) is 3. The molecule has 6 nitrogen and oxygen atoms in total. The zero-order valence-corrected chi connectivity index (χ0v) is 9.89. The summed E-state index contributed by atoms with van der Waals surface area (Å²) in [6.07, 6.45) is 1.11. The molecule has 0 radical (unpaired) electrons. The Morgan fingerprint density at radius 1 is 1.59 bits per heavy atom. The first-order chi connectivity index (χ1) is 7.84. The van der Waals surface area contributed by atoms with Gasteiger partial charge in [0.15, 0.2) is 0 Å². The fourth-order valence-electron chi connectivity index (χ4n) is 0.551. The molecule has 96 valence electrons. The van der Waals surface area contributed by atoms with Crippen LogP contribution in [0.25, 0.3) is 0 Å². The maximum absolute atomic E-state index is 10.7. The van der Waals surface area contributed by atoms with Crippen LogP contribution in [-0.4, -0.2) is 43.2 Å². The van der Waals surface area contributed by atoms with Gasteiger partial charge in [-0.2, -0.15) is 0 Å². The highest BCUT2D eigenvalue weighted by molar-refractivity contribution is 5.86. The Labute approximate surface area is 99.5 Å². The van der Waals surface area contributed by atoms with Gasteiger partial charge in [0, 0.05) is 11.6 Å². The van der Waals surface area contributed by atoms with Crippen molar-refractivity contribution >= 4 is 11.9 Å². The van der Waals surface area contributed by atoms with Gasteiger partial charge in [-0.1, -0.05) is 13.2 Å². The minimum atomic E-state index is -1.22. The van der Waals surface area contributed by atoms with Gasteiger partial charge in [-0.25, -0.2) is 9.59 Å². The summed E-state index contributed by atoms with van der Waals surface area (Å²) in [5, 5.41) is 9.03. The predicted molar refractivity (Wildman–Crippen MR) is 58.9 cm³/mol. The van der Waals surface area contributed by atoms with Crippen molar-refractivity contribution in [3.63, 3.8) is 0 Å². The average Bonchev–Trinajstić information content (AvgIpc) is 3.04. The molecule has 1 saturated heterocycles. The SMILES string of the molecule is C=C(C)C(=O)OCC1(O)CO1.C=CC(=O)OC. The van der Waals surface area contributed by atoms with Crippen LogP contribution in [0, 0.1) is 0 Å². The summed E-state index contributed by atoms with van der Waals surface area (Å²) in [4.78, 5) is 20.6. The van der Waals surface area contributed by atoms with E-state index in [2.05, 4.69) is 27.4 Å². The molecule has 0 aromatic heterocycles. The topological polar surface area (TPSA) is 85.4 Å². The van der Waals surface area contributed by atoms with Gasteiger partial charge < -0.3 is 19.3 Å². The monoisotopic (exact) mass is 244 g/mol. The number of epoxide rings is 1. The van der Waals surface area contributed by atoms with Gasteiger partial charge in [0.2, 0.25) is 5.79 Å². The molecule has 17 heavy (non-hydrogen) atoms. The summed E-state index contributed by atoms with van der Waals surface area (Å²) in [7, 11) is 1.31. The van der Waals surface area contributed by atoms with Crippen LogP contribution in [0.5, 0.6) is 0 Å². The minimum Gasteiger partial charge on any atom is -0.466 e. The number of hydrogen-bond donors (Lipinski definition) is 1. The maximum Gasteiger partial charge on any atom is 0.333 e. The third-order valence-corrected chi connectivity index (χ3v) is 1.62. The lowest BCUT2D eigenvalue weighted by Gasteiger charge is -2.05. The van der Waals surface area contributed by atoms with E-state index in [1.54, 1.807) is 6.92 Å². The van der Waals surface area contributed by atoms with Crippen molar-refractivity contribution in [1.29, 1.82) is 0 Å². The molecule has 1 fully saturated rings. The number of methoxy groups -OCH3 is 1. The Kier molecular flexibility index (Phi) is 6.16. The second-order valence-electron chi connectivity index (χ2n) is 3.32.